The van der Waals surface area contributed by atoms with Gasteiger partial charge in [-0.1, -0.05) is 35.4 Å². The van der Waals surface area contributed by atoms with Gasteiger partial charge in [0.2, 0.25) is 0 Å². The summed E-state index contributed by atoms with van der Waals surface area (Å²) in [4.78, 5) is 12.0. The average molecular weight is 306 g/mol. The van der Waals surface area contributed by atoms with Crippen molar-refractivity contribution in [3.8, 4) is 5.75 Å². The molecule has 0 aliphatic rings. The van der Waals surface area contributed by atoms with Crippen LogP contribution in [0.5, 0.6) is 5.75 Å². The minimum absolute atomic E-state index is 0.0284. The second-order valence-corrected chi connectivity index (χ2v) is 5.08. The van der Waals surface area contributed by atoms with Crippen molar-refractivity contribution in [1.82, 2.24) is 0 Å². The molecule has 21 heavy (non-hydrogen) atoms. The molecule has 0 spiro atoms. The molecule has 0 bridgehead atoms. The highest BCUT2D eigenvalue weighted by Gasteiger charge is 2.22. The number of methoxy groups -OCH3 is 1. The number of carbonyl (C=O) groups excluding carboxylic acids is 1. The monoisotopic (exact) mass is 305 g/mol. The Morgan fingerprint density at radius 1 is 1.24 bits per heavy atom. The summed E-state index contributed by atoms with van der Waals surface area (Å²) in [6, 6.07) is 11.6. The van der Waals surface area contributed by atoms with Crippen LogP contribution in [0.2, 0.25) is 5.02 Å². The van der Waals surface area contributed by atoms with E-state index in [-0.39, 0.29) is 10.8 Å². The van der Waals surface area contributed by atoms with Gasteiger partial charge in [0.15, 0.2) is 6.04 Å². The molecule has 0 aliphatic heterocycles. The van der Waals surface area contributed by atoms with E-state index in [2.05, 4.69) is 5.32 Å². The molecule has 0 aromatic heterocycles. The molecule has 0 saturated heterocycles. The second kappa shape index (κ2) is 6.50. The van der Waals surface area contributed by atoms with Crippen LogP contribution in [0.3, 0.4) is 0 Å². The number of aryl methyl sites for hydroxylation is 1. The van der Waals surface area contributed by atoms with Crippen LogP contribution in [0.1, 0.15) is 17.2 Å². The Hall–Kier alpha value is -2.20. The summed E-state index contributed by atoms with van der Waals surface area (Å²) in [6.45, 7) is 1.99. The molecule has 1 unspecified atom stereocenters. The molecule has 0 heterocycles. The molecule has 4 nitrogen and oxygen atoms in total. The number of nitrogens with one attached hydrogen (secondary N) is 1. The molecule has 2 aromatic rings. The summed E-state index contributed by atoms with van der Waals surface area (Å²) in [5.74, 6) is -0.461. The van der Waals surface area contributed by atoms with Gasteiger partial charge in [-0.25, -0.2) is 4.79 Å². The molecule has 0 aliphatic carbocycles. The van der Waals surface area contributed by atoms with Crippen LogP contribution in [0.15, 0.2) is 42.5 Å². The Kier molecular flexibility index (Phi) is 4.70. The van der Waals surface area contributed by atoms with Crippen LogP contribution in [0, 0.1) is 6.92 Å². The van der Waals surface area contributed by atoms with Crippen LogP contribution in [-0.2, 0) is 9.53 Å². The lowest BCUT2D eigenvalue weighted by Gasteiger charge is -2.18. The van der Waals surface area contributed by atoms with Crippen LogP contribution < -0.4 is 5.32 Å². The normalized spacial score (nSPS) is 11.8. The van der Waals surface area contributed by atoms with Crippen molar-refractivity contribution < 1.29 is 14.6 Å². The van der Waals surface area contributed by atoms with E-state index in [0.717, 1.165) is 11.3 Å². The molecule has 1 atom stereocenters. The van der Waals surface area contributed by atoms with Crippen molar-refractivity contribution in [2.75, 3.05) is 12.4 Å². The van der Waals surface area contributed by atoms with Gasteiger partial charge in [0.1, 0.15) is 5.75 Å². The maximum atomic E-state index is 12.0. The zero-order chi connectivity index (χ0) is 15.4. The van der Waals surface area contributed by atoms with Crippen molar-refractivity contribution in [2.24, 2.45) is 0 Å². The molecular formula is C16H16ClNO3. The minimum atomic E-state index is -0.698. The number of aromatic hydroxyl groups is 1. The summed E-state index contributed by atoms with van der Waals surface area (Å²) in [5.41, 5.74) is 2.54. The molecule has 0 fully saturated rings. The third kappa shape index (κ3) is 3.67. The third-order valence-corrected chi connectivity index (χ3v) is 3.41. The van der Waals surface area contributed by atoms with E-state index in [0.29, 0.717) is 5.56 Å². The number of halogens is 1. The number of esters is 1. The molecule has 110 valence electrons. The summed E-state index contributed by atoms with van der Waals surface area (Å²) in [7, 11) is 1.33. The molecule has 0 saturated carbocycles. The van der Waals surface area contributed by atoms with Crippen LogP contribution in [0.4, 0.5) is 5.69 Å². The highest BCUT2D eigenvalue weighted by Crippen LogP contribution is 2.29. The Morgan fingerprint density at radius 2 is 1.90 bits per heavy atom. The van der Waals surface area contributed by atoms with Gasteiger partial charge < -0.3 is 15.2 Å². The van der Waals surface area contributed by atoms with E-state index < -0.39 is 12.0 Å². The number of anilines is 1. The zero-order valence-corrected chi connectivity index (χ0v) is 12.5. The van der Waals surface area contributed by atoms with Gasteiger partial charge >= 0.3 is 5.97 Å². The van der Waals surface area contributed by atoms with E-state index in [1.54, 1.807) is 12.1 Å². The van der Waals surface area contributed by atoms with E-state index in [9.17, 15) is 9.90 Å². The number of benzene rings is 2. The highest BCUT2D eigenvalue weighted by molar-refractivity contribution is 6.32. The largest absolute Gasteiger partial charge is 0.506 e. The molecule has 0 amide bonds. The quantitative estimate of drug-likeness (QED) is 0.846. The lowest BCUT2D eigenvalue weighted by Crippen LogP contribution is -2.22. The summed E-state index contributed by atoms with van der Waals surface area (Å²) in [6.07, 6.45) is 0. The molecule has 5 heteroatoms. The number of ether oxygens (including phenoxy) is 1. The Labute approximate surface area is 128 Å². The smallest absolute Gasteiger partial charge is 0.332 e. The highest BCUT2D eigenvalue weighted by atomic mass is 35.5. The predicted octanol–water partition coefficient (Wildman–Crippen LogP) is 3.68. The van der Waals surface area contributed by atoms with Crippen LogP contribution in [0.25, 0.3) is 0 Å². The first-order chi connectivity index (χ1) is 10.0. The number of rotatable bonds is 4. The molecule has 2 rings (SSSR count). The fourth-order valence-electron chi connectivity index (χ4n) is 1.92. The molecule has 0 radical (unpaired) electrons. The SMILES string of the molecule is COC(=O)C(Nc1ccc(C)cc1)c1ccc(O)c(Cl)c1. The van der Waals surface area contributed by atoms with Crippen LogP contribution in [-0.4, -0.2) is 18.2 Å². The molecule has 2 N–H and O–H groups in total. The van der Waals surface area contributed by atoms with Gasteiger partial charge in [0.25, 0.3) is 0 Å². The van der Waals surface area contributed by atoms with Crippen LogP contribution >= 0.6 is 11.6 Å². The van der Waals surface area contributed by atoms with Gasteiger partial charge in [-0.05, 0) is 36.8 Å². The molecule has 2 aromatic carbocycles. The lowest BCUT2D eigenvalue weighted by atomic mass is 10.1. The summed E-state index contributed by atoms with van der Waals surface area (Å²) >= 11 is 5.90. The van der Waals surface area contributed by atoms with Crippen molar-refractivity contribution in [3.63, 3.8) is 0 Å². The number of carbonyl (C=O) groups is 1. The van der Waals surface area contributed by atoms with Gasteiger partial charge in [-0.2, -0.15) is 0 Å². The average Bonchev–Trinajstić information content (AvgIpc) is 2.49. The van der Waals surface area contributed by atoms with Gasteiger partial charge in [-0.3, -0.25) is 0 Å². The fourth-order valence-corrected chi connectivity index (χ4v) is 2.10. The topological polar surface area (TPSA) is 58.6 Å². The van der Waals surface area contributed by atoms with Gasteiger partial charge in [-0.15, -0.1) is 0 Å². The lowest BCUT2D eigenvalue weighted by molar-refractivity contribution is -0.141. The Bertz CT molecular complexity index is 640. The van der Waals surface area contributed by atoms with E-state index in [1.165, 1.54) is 13.2 Å². The number of phenolic OH excluding ortho intramolecular Hbond substituents is 1. The first kappa shape index (κ1) is 15.2. The zero-order valence-electron chi connectivity index (χ0n) is 11.8. The predicted molar refractivity (Wildman–Crippen MR) is 82.7 cm³/mol. The number of hydrogen-bond donors (Lipinski definition) is 2. The number of phenols is 1. The first-order valence-corrected chi connectivity index (χ1v) is 6.78. The Balaban J connectivity index is 2.31. The van der Waals surface area contributed by atoms with Gasteiger partial charge in [0, 0.05) is 5.69 Å². The number of hydrogen-bond acceptors (Lipinski definition) is 4. The second-order valence-electron chi connectivity index (χ2n) is 4.68. The minimum Gasteiger partial charge on any atom is -0.506 e. The van der Waals surface area contributed by atoms with Crippen molar-refractivity contribution in [2.45, 2.75) is 13.0 Å². The summed E-state index contributed by atoms with van der Waals surface area (Å²) in [5, 5.41) is 12.8. The van der Waals surface area contributed by atoms with E-state index >= 15 is 0 Å². The maximum Gasteiger partial charge on any atom is 0.332 e. The van der Waals surface area contributed by atoms with E-state index in [1.807, 2.05) is 31.2 Å². The Morgan fingerprint density at radius 3 is 2.48 bits per heavy atom. The standard InChI is InChI=1S/C16H16ClNO3/c1-10-3-6-12(7-4-10)18-15(16(20)21-2)11-5-8-14(19)13(17)9-11/h3-9,15,18-19H,1-2H3. The van der Waals surface area contributed by atoms with Crippen molar-refractivity contribution in [1.29, 1.82) is 0 Å². The van der Waals surface area contributed by atoms with Crippen molar-refractivity contribution in [3.05, 3.63) is 58.6 Å². The maximum absolute atomic E-state index is 12.0. The molecular weight excluding hydrogens is 290 g/mol. The van der Waals surface area contributed by atoms with E-state index in [4.69, 9.17) is 16.3 Å². The fraction of sp³-hybridized carbons (Fsp3) is 0.188. The summed E-state index contributed by atoms with van der Waals surface area (Å²) < 4.78 is 4.83. The van der Waals surface area contributed by atoms with Gasteiger partial charge in [0.05, 0.1) is 12.1 Å². The first-order valence-electron chi connectivity index (χ1n) is 6.40. The third-order valence-electron chi connectivity index (χ3n) is 3.10. The van der Waals surface area contributed by atoms with Crippen molar-refractivity contribution >= 4 is 23.3 Å².